The Balaban J connectivity index is 1.81. The zero-order valence-corrected chi connectivity index (χ0v) is 14.1. The van der Waals surface area contributed by atoms with Gasteiger partial charge in [-0.3, -0.25) is 0 Å². The first-order valence-corrected chi connectivity index (χ1v) is 8.56. The van der Waals surface area contributed by atoms with Crippen LogP contribution in [0.15, 0.2) is 22.7 Å². The summed E-state index contributed by atoms with van der Waals surface area (Å²) in [5.74, 6) is 0.624. The van der Waals surface area contributed by atoms with Gasteiger partial charge in [-0.2, -0.15) is 0 Å². The Bertz CT molecular complexity index is 469. The molecule has 0 amide bonds. The summed E-state index contributed by atoms with van der Waals surface area (Å²) < 4.78 is 7.09. The third-order valence-corrected chi connectivity index (χ3v) is 5.50. The Morgan fingerprint density at radius 2 is 2.20 bits per heavy atom. The third kappa shape index (κ3) is 2.92. The number of hydrogen-bond acceptors (Lipinski definition) is 2. The van der Waals surface area contributed by atoms with Crippen molar-refractivity contribution in [2.75, 3.05) is 13.7 Å². The molecule has 110 valence electrons. The number of nitrogens with one attached hydrogen (secondary N) is 1. The maximum atomic E-state index is 6.20. The Labute approximate surface area is 134 Å². The van der Waals surface area contributed by atoms with Crippen LogP contribution in [-0.2, 0) is 4.74 Å². The summed E-state index contributed by atoms with van der Waals surface area (Å²) in [4.78, 5) is 0. The molecule has 2 atom stereocenters. The topological polar surface area (TPSA) is 21.3 Å². The third-order valence-electron chi connectivity index (χ3n) is 4.82. The molecule has 1 saturated heterocycles. The quantitative estimate of drug-likeness (QED) is 0.844. The standard InChI is InChI=1S/C16H21BrClNO/c1-19-15(12-7-13(17)9-14(18)8-12)11-3-6-20-16(10-11)4-2-5-16/h7-9,11,15,19H,2-6,10H2,1H3. The van der Waals surface area contributed by atoms with Gasteiger partial charge in [0.1, 0.15) is 0 Å². The molecular formula is C16H21BrClNO. The van der Waals surface area contributed by atoms with Crippen LogP contribution in [0.25, 0.3) is 0 Å². The van der Waals surface area contributed by atoms with Gasteiger partial charge in [0.2, 0.25) is 0 Å². The van der Waals surface area contributed by atoms with E-state index in [1.54, 1.807) is 0 Å². The van der Waals surface area contributed by atoms with E-state index in [0.717, 1.165) is 22.5 Å². The zero-order chi connectivity index (χ0) is 14.2. The van der Waals surface area contributed by atoms with Gasteiger partial charge in [0.15, 0.2) is 0 Å². The van der Waals surface area contributed by atoms with E-state index in [0.29, 0.717) is 12.0 Å². The maximum absolute atomic E-state index is 6.20. The second-order valence-electron chi connectivity index (χ2n) is 6.11. The van der Waals surface area contributed by atoms with Crippen LogP contribution in [0.1, 0.15) is 43.7 Å². The zero-order valence-electron chi connectivity index (χ0n) is 11.8. The predicted octanol–water partition coefficient (Wildman–Crippen LogP) is 4.71. The van der Waals surface area contributed by atoms with Crippen molar-refractivity contribution >= 4 is 27.5 Å². The maximum Gasteiger partial charge on any atom is 0.0686 e. The Kier molecular flexibility index (Phi) is 4.42. The molecule has 1 N–H and O–H groups in total. The second kappa shape index (κ2) is 5.96. The fourth-order valence-electron chi connectivity index (χ4n) is 3.70. The van der Waals surface area contributed by atoms with Crippen LogP contribution in [0.5, 0.6) is 0 Å². The molecule has 0 bridgehead atoms. The van der Waals surface area contributed by atoms with Crippen molar-refractivity contribution in [1.82, 2.24) is 5.32 Å². The molecule has 1 saturated carbocycles. The lowest BCUT2D eigenvalue weighted by molar-refractivity contribution is -0.147. The summed E-state index contributed by atoms with van der Waals surface area (Å²) in [5.41, 5.74) is 1.46. The van der Waals surface area contributed by atoms with Crippen molar-refractivity contribution < 1.29 is 4.74 Å². The summed E-state index contributed by atoms with van der Waals surface area (Å²) in [6.45, 7) is 0.893. The van der Waals surface area contributed by atoms with Gasteiger partial charge in [-0.05, 0) is 68.8 Å². The molecule has 2 nitrogen and oxygen atoms in total. The number of ether oxygens (including phenoxy) is 1. The van der Waals surface area contributed by atoms with E-state index in [1.165, 1.54) is 31.2 Å². The van der Waals surface area contributed by atoms with Crippen molar-refractivity contribution in [3.8, 4) is 0 Å². The van der Waals surface area contributed by atoms with Crippen molar-refractivity contribution in [3.05, 3.63) is 33.3 Å². The smallest absolute Gasteiger partial charge is 0.0686 e. The fourth-order valence-corrected chi connectivity index (χ4v) is 4.59. The highest BCUT2D eigenvalue weighted by Crippen LogP contribution is 2.47. The van der Waals surface area contributed by atoms with Gasteiger partial charge in [-0.25, -0.2) is 0 Å². The Morgan fingerprint density at radius 1 is 1.40 bits per heavy atom. The summed E-state index contributed by atoms with van der Waals surface area (Å²) in [6.07, 6.45) is 6.08. The highest BCUT2D eigenvalue weighted by molar-refractivity contribution is 9.10. The van der Waals surface area contributed by atoms with Crippen LogP contribution in [0.3, 0.4) is 0 Å². The van der Waals surface area contributed by atoms with E-state index in [2.05, 4.69) is 33.4 Å². The first kappa shape index (κ1) is 14.8. The molecule has 20 heavy (non-hydrogen) atoms. The molecule has 0 aromatic heterocycles. The van der Waals surface area contributed by atoms with Crippen LogP contribution in [0, 0.1) is 5.92 Å². The highest BCUT2D eigenvalue weighted by Gasteiger charge is 2.44. The van der Waals surface area contributed by atoms with E-state index in [9.17, 15) is 0 Å². The van der Waals surface area contributed by atoms with E-state index in [4.69, 9.17) is 16.3 Å². The molecule has 4 heteroatoms. The van der Waals surface area contributed by atoms with Gasteiger partial charge in [0.25, 0.3) is 0 Å². The minimum Gasteiger partial charge on any atom is -0.375 e. The molecule has 1 aliphatic carbocycles. The van der Waals surface area contributed by atoms with Gasteiger partial charge in [0, 0.05) is 22.1 Å². The van der Waals surface area contributed by atoms with Crippen molar-refractivity contribution in [2.45, 2.75) is 43.7 Å². The fraction of sp³-hybridized carbons (Fsp3) is 0.625. The van der Waals surface area contributed by atoms with Crippen molar-refractivity contribution in [2.24, 2.45) is 5.92 Å². The molecule has 0 radical (unpaired) electrons. The first-order valence-electron chi connectivity index (χ1n) is 7.39. The van der Waals surface area contributed by atoms with Crippen molar-refractivity contribution in [1.29, 1.82) is 0 Å². The second-order valence-corrected chi connectivity index (χ2v) is 7.46. The normalized spacial score (nSPS) is 26.2. The molecule has 1 spiro atoms. The Morgan fingerprint density at radius 3 is 2.80 bits per heavy atom. The predicted molar refractivity (Wildman–Crippen MR) is 86.2 cm³/mol. The van der Waals surface area contributed by atoms with Crippen LogP contribution in [0.2, 0.25) is 5.02 Å². The lowest BCUT2D eigenvalue weighted by Gasteiger charge is -2.48. The Hall–Kier alpha value is -0.0900. The highest BCUT2D eigenvalue weighted by atomic mass is 79.9. The minimum absolute atomic E-state index is 0.188. The summed E-state index contributed by atoms with van der Waals surface area (Å²) in [6, 6.07) is 6.55. The largest absolute Gasteiger partial charge is 0.375 e. The molecule has 1 aliphatic heterocycles. The molecule has 1 aromatic carbocycles. The van der Waals surface area contributed by atoms with E-state index in [1.807, 2.05) is 13.1 Å². The first-order chi connectivity index (χ1) is 9.62. The molecule has 2 aliphatic rings. The van der Waals surface area contributed by atoms with E-state index in [-0.39, 0.29) is 5.60 Å². The van der Waals surface area contributed by atoms with Crippen molar-refractivity contribution in [3.63, 3.8) is 0 Å². The van der Waals surface area contributed by atoms with Crippen LogP contribution in [0.4, 0.5) is 0 Å². The van der Waals surface area contributed by atoms with Crippen LogP contribution in [-0.4, -0.2) is 19.3 Å². The van der Waals surface area contributed by atoms with Crippen LogP contribution >= 0.6 is 27.5 Å². The molecular weight excluding hydrogens is 338 g/mol. The number of halogens is 2. The lowest BCUT2D eigenvalue weighted by atomic mass is 9.69. The molecule has 1 aromatic rings. The van der Waals surface area contributed by atoms with Gasteiger partial charge < -0.3 is 10.1 Å². The van der Waals surface area contributed by atoms with Gasteiger partial charge in [-0.15, -0.1) is 0 Å². The monoisotopic (exact) mass is 357 g/mol. The van der Waals surface area contributed by atoms with E-state index >= 15 is 0 Å². The number of rotatable bonds is 3. The van der Waals surface area contributed by atoms with E-state index < -0.39 is 0 Å². The molecule has 2 fully saturated rings. The molecule has 3 rings (SSSR count). The minimum atomic E-state index is 0.188. The summed E-state index contributed by atoms with van der Waals surface area (Å²) >= 11 is 9.75. The average molecular weight is 359 g/mol. The molecule has 2 unspecified atom stereocenters. The average Bonchev–Trinajstić information content (AvgIpc) is 2.37. The lowest BCUT2D eigenvalue weighted by Crippen LogP contribution is -2.47. The number of benzene rings is 1. The summed E-state index contributed by atoms with van der Waals surface area (Å²) in [5, 5.41) is 4.29. The summed E-state index contributed by atoms with van der Waals surface area (Å²) in [7, 11) is 2.04. The number of hydrogen-bond donors (Lipinski definition) is 1. The van der Waals surface area contributed by atoms with Crippen LogP contribution < -0.4 is 5.32 Å². The van der Waals surface area contributed by atoms with Gasteiger partial charge in [0.05, 0.1) is 5.60 Å². The molecule has 1 heterocycles. The SMILES string of the molecule is CNC(c1cc(Cl)cc(Br)c1)C1CCOC2(CCC2)C1. The van der Waals surface area contributed by atoms with Gasteiger partial charge >= 0.3 is 0 Å². The van der Waals surface area contributed by atoms with Gasteiger partial charge in [-0.1, -0.05) is 27.5 Å².